The third kappa shape index (κ3) is 6.82. The Bertz CT molecular complexity index is 1280. The average molecular weight is 495 g/mol. The predicted molar refractivity (Wildman–Crippen MR) is 147 cm³/mol. The number of carbonyl (C=O) groups is 2. The first-order valence-corrected chi connectivity index (χ1v) is 13.2. The summed E-state index contributed by atoms with van der Waals surface area (Å²) in [6, 6.07) is 29.6. The number of esters is 1. The molecule has 0 bridgehead atoms. The van der Waals surface area contributed by atoms with Crippen LogP contribution in [0.15, 0.2) is 91.0 Å². The Morgan fingerprint density at radius 3 is 1.95 bits per heavy atom. The highest BCUT2D eigenvalue weighted by Crippen LogP contribution is 2.34. The number of hydrogen-bond donors (Lipinski definition) is 0. The summed E-state index contributed by atoms with van der Waals surface area (Å²) >= 11 is 0. The molecule has 0 spiro atoms. The predicted octanol–water partition coefficient (Wildman–Crippen LogP) is 7.35. The second-order valence-electron chi connectivity index (χ2n) is 9.03. The summed E-state index contributed by atoms with van der Waals surface area (Å²) in [5.74, 6) is 0.270. The minimum atomic E-state index is -0.120. The van der Waals surface area contributed by atoms with E-state index in [4.69, 9.17) is 9.72 Å². The first-order chi connectivity index (χ1) is 18.2. The van der Waals surface area contributed by atoms with Gasteiger partial charge in [0.15, 0.2) is 5.82 Å². The van der Waals surface area contributed by atoms with Crippen molar-refractivity contribution in [1.82, 2.24) is 9.55 Å². The molecule has 0 aliphatic rings. The fourth-order valence-electron chi connectivity index (χ4n) is 4.55. The lowest BCUT2D eigenvalue weighted by Crippen LogP contribution is -2.13. The molecule has 5 heteroatoms. The highest BCUT2D eigenvalue weighted by atomic mass is 16.5. The van der Waals surface area contributed by atoms with E-state index in [1.165, 1.54) is 0 Å². The molecular formula is C32H34N2O3. The van der Waals surface area contributed by atoms with Crippen molar-refractivity contribution in [3.05, 3.63) is 102 Å². The van der Waals surface area contributed by atoms with Crippen LogP contribution < -0.4 is 0 Å². The van der Waals surface area contributed by atoms with Crippen LogP contribution in [-0.4, -0.2) is 27.9 Å². The number of ether oxygens (including phenoxy) is 1. The number of rotatable bonds is 13. The number of unbranched alkanes of at least 4 members (excludes halogenated alkanes) is 4. The zero-order valence-corrected chi connectivity index (χ0v) is 21.4. The number of aromatic nitrogens is 2. The van der Waals surface area contributed by atoms with E-state index in [1.54, 1.807) is 0 Å². The fourth-order valence-corrected chi connectivity index (χ4v) is 4.55. The first kappa shape index (κ1) is 26.1. The molecular weight excluding hydrogens is 460 g/mol. The van der Waals surface area contributed by atoms with Gasteiger partial charge in [0.1, 0.15) is 0 Å². The zero-order chi connectivity index (χ0) is 25.9. The second kappa shape index (κ2) is 13.4. The van der Waals surface area contributed by atoms with Crippen molar-refractivity contribution in [2.24, 2.45) is 0 Å². The van der Waals surface area contributed by atoms with Crippen molar-refractivity contribution in [1.29, 1.82) is 0 Å². The van der Waals surface area contributed by atoms with E-state index in [1.807, 2.05) is 85.8 Å². The molecule has 0 atom stereocenters. The molecule has 0 saturated heterocycles. The highest BCUT2D eigenvalue weighted by molar-refractivity contribution is 6.08. The summed E-state index contributed by atoms with van der Waals surface area (Å²) in [7, 11) is 0. The summed E-state index contributed by atoms with van der Waals surface area (Å²) in [5.41, 5.74) is 4.44. The minimum Gasteiger partial charge on any atom is -0.466 e. The van der Waals surface area contributed by atoms with Gasteiger partial charge < -0.3 is 9.30 Å². The highest BCUT2D eigenvalue weighted by Gasteiger charge is 2.24. The van der Waals surface area contributed by atoms with Gasteiger partial charge >= 0.3 is 5.97 Å². The molecule has 1 heterocycles. The molecule has 0 aliphatic heterocycles. The Hall–Kier alpha value is -3.99. The van der Waals surface area contributed by atoms with Gasteiger partial charge in [-0.3, -0.25) is 9.59 Å². The van der Waals surface area contributed by atoms with Gasteiger partial charge in [-0.2, -0.15) is 0 Å². The van der Waals surface area contributed by atoms with Gasteiger partial charge in [-0.15, -0.1) is 0 Å². The molecule has 4 rings (SSSR count). The van der Waals surface area contributed by atoms with Crippen LogP contribution in [0.3, 0.4) is 0 Å². The molecule has 3 aromatic carbocycles. The van der Waals surface area contributed by atoms with Gasteiger partial charge in [0.25, 0.3) is 0 Å². The Balaban J connectivity index is 1.61. The molecule has 0 amide bonds. The molecule has 0 saturated carbocycles. The number of ketones is 1. The molecule has 0 aliphatic carbocycles. The SMILES string of the molecule is CCOC(=O)CCCCCCCn1c(C(=O)c2ccccc2)nc(-c2ccccc2)c1-c1ccccc1. The number of carbonyl (C=O) groups excluding carboxylic acids is 2. The van der Waals surface area contributed by atoms with Gasteiger partial charge in [-0.1, -0.05) is 110 Å². The van der Waals surface area contributed by atoms with Crippen LogP contribution in [0.1, 0.15) is 61.6 Å². The van der Waals surface area contributed by atoms with E-state index in [2.05, 4.69) is 16.7 Å². The minimum absolute atomic E-state index is 0.0746. The maximum Gasteiger partial charge on any atom is 0.305 e. The van der Waals surface area contributed by atoms with Crippen LogP contribution in [0.2, 0.25) is 0 Å². The van der Waals surface area contributed by atoms with Crippen molar-refractivity contribution < 1.29 is 14.3 Å². The first-order valence-electron chi connectivity index (χ1n) is 13.2. The third-order valence-corrected chi connectivity index (χ3v) is 6.37. The van der Waals surface area contributed by atoms with Crippen molar-refractivity contribution in [2.75, 3.05) is 6.61 Å². The molecule has 4 aromatic rings. The van der Waals surface area contributed by atoms with Gasteiger partial charge in [0.2, 0.25) is 5.78 Å². The zero-order valence-electron chi connectivity index (χ0n) is 21.4. The van der Waals surface area contributed by atoms with Crippen molar-refractivity contribution in [3.63, 3.8) is 0 Å². The topological polar surface area (TPSA) is 61.2 Å². The summed E-state index contributed by atoms with van der Waals surface area (Å²) < 4.78 is 7.12. The van der Waals surface area contributed by atoms with E-state index in [0.29, 0.717) is 31.0 Å². The van der Waals surface area contributed by atoms with Crippen molar-refractivity contribution >= 4 is 11.8 Å². The molecule has 0 N–H and O–H groups in total. The van der Waals surface area contributed by atoms with Crippen LogP contribution >= 0.6 is 0 Å². The average Bonchev–Trinajstić information content (AvgIpc) is 3.33. The molecule has 37 heavy (non-hydrogen) atoms. The third-order valence-electron chi connectivity index (χ3n) is 6.37. The van der Waals surface area contributed by atoms with Gasteiger partial charge in [-0.05, 0) is 19.8 Å². The number of benzene rings is 3. The summed E-state index contributed by atoms with van der Waals surface area (Å²) in [6.07, 6.45) is 5.26. The van der Waals surface area contributed by atoms with Crippen molar-refractivity contribution in [3.8, 4) is 22.5 Å². The van der Waals surface area contributed by atoms with Crippen LogP contribution in [0.4, 0.5) is 0 Å². The van der Waals surface area contributed by atoms with E-state index < -0.39 is 0 Å². The Kier molecular flexibility index (Phi) is 9.41. The van der Waals surface area contributed by atoms with E-state index in [0.717, 1.165) is 54.6 Å². The standard InChI is InChI=1S/C32H34N2O3/c1-2-37-28(35)23-15-4-3-5-16-24-34-30(26-19-11-7-12-20-26)29(25-17-9-6-10-18-25)33-32(34)31(36)27-21-13-8-14-22-27/h6-14,17-22H,2-5,15-16,23-24H2,1H3. The largest absolute Gasteiger partial charge is 0.466 e. The van der Waals surface area contributed by atoms with Crippen LogP contribution in [-0.2, 0) is 16.1 Å². The number of imidazole rings is 1. The molecule has 190 valence electrons. The van der Waals surface area contributed by atoms with Gasteiger partial charge in [0, 0.05) is 29.7 Å². The monoisotopic (exact) mass is 494 g/mol. The van der Waals surface area contributed by atoms with Gasteiger partial charge in [0.05, 0.1) is 18.0 Å². The van der Waals surface area contributed by atoms with E-state index in [-0.39, 0.29) is 11.8 Å². The molecule has 5 nitrogen and oxygen atoms in total. The molecule has 1 aromatic heterocycles. The molecule has 0 fully saturated rings. The van der Waals surface area contributed by atoms with Crippen LogP contribution in [0.25, 0.3) is 22.5 Å². The Morgan fingerprint density at radius 1 is 0.730 bits per heavy atom. The summed E-state index contributed by atoms with van der Waals surface area (Å²) in [5, 5.41) is 0. The maximum absolute atomic E-state index is 13.7. The lowest BCUT2D eigenvalue weighted by molar-refractivity contribution is -0.143. The number of nitrogens with zero attached hydrogens (tertiary/aromatic N) is 2. The fraction of sp³-hybridized carbons (Fsp3) is 0.281. The molecule has 0 radical (unpaired) electrons. The van der Waals surface area contributed by atoms with E-state index in [9.17, 15) is 9.59 Å². The lowest BCUT2D eigenvalue weighted by Gasteiger charge is -2.13. The van der Waals surface area contributed by atoms with Crippen molar-refractivity contribution in [2.45, 2.75) is 52.0 Å². The Labute approximate surface area is 219 Å². The second-order valence-corrected chi connectivity index (χ2v) is 9.03. The molecule has 0 unspecified atom stereocenters. The van der Waals surface area contributed by atoms with Gasteiger partial charge in [-0.25, -0.2) is 4.98 Å². The quantitative estimate of drug-likeness (QED) is 0.111. The summed E-state index contributed by atoms with van der Waals surface area (Å²) in [4.78, 5) is 30.2. The smallest absolute Gasteiger partial charge is 0.305 e. The Morgan fingerprint density at radius 2 is 1.30 bits per heavy atom. The lowest BCUT2D eigenvalue weighted by atomic mass is 10.0. The summed E-state index contributed by atoms with van der Waals surface area (Å²) in [6.45, 7) is 2.95. The maximum atomic E-state index is 13.7. The van der Waals surface area contributed by atoms with E-state index >= 15 is 0 Å². The normalized spacial score (nSPS) is 10.8. The van der Waals surface area contributed by atoms with Crippen LogP contribution in [0, 0.1) is 0 Å². The number of hydrogen-bond acceptors (Lipinski definition) is 4. The van der Waals surface area contributed by atoms with Crippen LogP contribution in [0.5, 0.6) is 0 Å².